The Hall–Kier alpha value is -1.14. The van der Waals surface area contributed by atoms with E-state index >= 15 is 0 Å². The molecule has 27 heavy (non-hydrogen) atoms. The average Bonchev–Trinajstić information content (AvgIpc) is 3.13. The standard InChI is InChI=1S/C20H25N3OS.2ClH/c1-14-23-18(13-25-14)16-4-2-15(3-5-16)6-9-22-19(24)17-12-20(17)7-10-21-11-8-20;;/h2-5,13,17,21H,6-12H2,1H3,(H,22,24);2*1H. The predicted molar refractivity (Wildman–Crippen MR) is 116 cm³/mol. The summed E-state index contributed by atoms with van der Waals surface area (Å²) < 4.78 is 0. The zero-order valence-electron chi connectivity index (χ0n) is 15.5. The van der Waals surface area contributed by atoms with Crippen molar-refractivity contribution in [3.63, 3.8) is 0 Å². The number of benzene rings is 1. The van der Waals surface area contributed by atoms with Crippen LogP contribution in [-0.4, -0.2) is 30.5 Å². The summed E-state index contributed by atoms with van der Waals surface area (Å²) in [4.78, 5) is 16.9. The fourth-order valence-corrected chi connectivity index (χ4v) is 4.61. The van der Waals surface area contributed by atoms with Crippen molar-refractivity contribution < 1.29 is 4.79 Å². The third-order valence-electron chi connectivity index (χ3n) is 5.69. The van der Waals surface area contributed by atoms with E-state index in [0.717, 1.165) is 61.6 Å². The van der Waals surface area contributed by atoms with E-state index < -0.39 is 0 Å². The number of nitrogens with zero attached hydrogens (tertiary/aromatic N) is 1. The Morgan fingerprint density at radius 1 is 1.26 bits per heavy atom. The normalized spacial score (nSPS) is 19.7. The summed E-state index contributed by atoms with van der Waals surface area (Å²) in [5.41, 5.74) is 3.78. The third-order valence-corrected chi connectivity index (χ3v) is 6.46. The number of hydrogen-bond donors (Lipinski definition) is 2. The van der Waals surface area contributed by atoms with Gasteiger partial charge in [0.05, 0.1) is 10.7 Å². The molecule has 2 aliphatic rings. The van der Waals surface area contributed by atoms with E-state index in [9.17, 15) is 4.79 Å². The highest BCUT2D eigenvalue weighted by molar-refractivity contribution is 7.09. The van der Waals surface area contributed by atoms with Crippen LogP contribution in [-0.2, 0) is 11.2 Å². The van der Waals surface area contributed by atoms with Crippen LogP contribution >= 0.6 is 36.2 Å². The lowest BCUT2D eigenvalue weighted by Crippen LogP contribution is -2.34. The lowest BCUT2D eigenvalue weighted by Gasteiger charge is -2.23. The minimum atomic E-state index is 0. The molecule has 1 aromatic carbocycles. The van der Waals surface area contributed by atoms with Crippen LogP contribution in [0.15, 0.2) is 29.6 Å². The van der Waals surface area contributed by atoms with Gasteiger partial charge < -0.3 is 10.6 Å². The average molecular weight is 428 g/mol. The third kappa shape index (κ3) is 5.02. The first-order valence-corrected chi connectivity index (χ1v) is 10.0. The van der Waals surface area contributed by atoms with Crippen LogP contribution in [0.5, 0.6) is 0 Å². The van der Waals surface area contributed by atoms with E-state index in [1.807, 2.05) is 6.92 Å². The molecule has 1 aliphatic carbocycles. The fourth-order valence-electron chi connectivity index (χ4n) is 3.99. The Morgan fingerprint density at radius 3 is 2.59 bits per heavy atom. The van der Waals surface area contributed by atoms with Gasteiger partial charge in [0, 0.05) is 23.4 Å². The molecule has 1 saturated heterocycles. The van der Waals surface area contributed by atoms with Gasteiger partial charge in [-0.15, -0.1) is 36.2 Å². The van der Waals surface area contributed by atoms with Gasteiger partial charge in [-0.2, -0.15) is 0 Å². The SMILES string of the molecule is Cc1nc(-c2ccc(CCNC(=O)C3CC34CCNCC4)cc2)cs1.Cl.Cl. The molecular weight excluding hydrogens is 401 g/mol. The molecule has 1 saturated carbocycles. The Balaban J connectivity index is 0.00000131. The second-order valence-corrected chi connectivity index (χ2v) is 8.42. The minimum absolute atomic E-state index is 0. The van der Waals surface area contributed by atoms with Gasteiger partial charge in [-0.1, -0.05) is 24.3 Å². The van der Waals surface area contributed by atoms with Crippen LogP contribution in [0, 0.1) is 18.3 Å². The van der Waals surface area contributed by atoms with Crippen molar-refractivity contribution in [3.05, 3.63) is 40.2 Å². The van der Waals surface area contributed by atoms with E-state index in [-0.39, 0.29) is 36.6 Å². The Kier molecular flexibility index (Phi) is 7.69. The largest absolute Gasteiger partial charge is 0.356 e. The van der Waals surface area contributed by atoms with Gasteiger partial charge in [0.25, 0.3) is 0 Å². The van der Waals surface area contributed by atoms with E-state index in [0.29, 0.717) is 5.41 Å². The first-order chi connectivity index (χ1) is 12.2. The van der Waals surface area contributed by atoms with E-state index in [2.05, 4.69) is 45.3 Å². The molecule has 148 valence electrons. The molecule has 2 fully saturated rings. The molecule has 2 aromatic rings. The van der Waals surface area contributed by atoms with Gasteiger partial charge in [0.15, 0.2) is 0 Å². The van der Waals surface area contributed by atoms with Crippen molar-refractivity contribution in [2.45, 2.75) is 32.6 Å². The van der Waals surface area contributed by atoms with Gasteiger partial charge in [-0.25, -0.2) is 4.98 Å². The number of thiazole rings is 1. The molecule has 4 nitrogen and oxygen atoms in total. The molecule has 1 spiro atoms. The van der Waals surface area contributed by atoms with Crippen LogP contribution in [0.3, 0.4) is 0 Å². The number of aryl methyl sites for hydroxylation is 1. The zero-order valence-corrected chi connectivity index (χ0v) is 17.9. The molecule has 2 N–H and O–H groups in total. The minimum Gasteiger partial charge on any atom is -0.356 e. The summed E-state index contributed by atoms with van der Waals surface area (Å²) in [6, 6.07) is 8.52. The fraction of sp³-hybridized carbons (Fsp3) is 0.500. The molecule has 2 heterocycles. The first kappa shape index (κ1) is 22.2. The zero-order chi connectivity index (χ0) is 17.3. The predicted octanol–water partition coefficient (Wildman–Crippen LogP) is 4.01. The summed E-state index contributed by atoms with van der Waals surface area (Å²) in [6.07, 6.45) is 4.27. The maximum atomic E-state index is 12.4. The Morgan fingerprint density at radius 2 is 1.96 bits per heavy atom. The molecule has 0 bridgehead atoms. The van der Waals surface area contributed by atoms with Gasteiger partial charge in [-0.3, -0.25) is 4.79 Å². The summed E-state index contributed by atoms with van der Waals surface area (Å²) in [7, 11) is 0. The highest BCUT2D eigenvalue weighted by Gasteiger charge is 2.57. The molecule has 1 aliphatic heterocycles. The van der Waals surface area contributed by atoms with E-state index in [1.165, 1.54) is 5.56 Å². The van der Waals surface area contributed by atoms with Gasteiger partial charge in [0.2, 0.25) is 5.91 Å². The highest BCUT2D eigenvalue weighted by atomic mass is 35.5. The number of halogens is 2. The number of aromatic nitrogens is 1. The van der Waals surface area contributed by atoms with Crippen molar-refractivity contribution in [1.82, 2.24) is 15.6 Å². The van der Waals surface area contributed by atoms with Crippen LogP contribution < -0.4 is 10.6 Å². The number of amides is 1. The van der Waals surface area contributed by atoms with Gasteiger partial charge in [0.1, 0.15) is 0 Å². The molecular formula is C20H27Cl2N3OS. The second kappa shape index (κ2) is 9.37. The highest BCUT2D eigenvalue weighted by Crippen LogP contribution is 2.58. The lowest BCUT2D eigenvalue weighted by atomic mass is 9.92. The maximum Gasteiger partial charge on any atom is 0.223 e. The van der Waals surface area contributed by atoms with Crippen molar-refractivity contribution in [2.24, 2.45) is 11.3 Å². The van der Waals surface area contributed by atoms with Gasteiger partial charge >= 0.3 is 0 Å². The van der Waals surface area contributed by atoms with Crippen molar-refractivity contribution >= 4 is 42.1 Å². The summed E-state index contributed by atoms with van der Waals surface area (Å²) in [5.74, 6) is 0.515. The number of carbonyl (C=O) groups excluding carboxylic acids is 1. The number of nitrogens with one attached hydrogen (secondary N) is 2. The Bertz CT molecular complexity index is 757. The van der Waals surface area contributed by atoms with Crippen molar-refractivity contribution in [1.29, 1.82) is 0 Å². The van der Waals surface area contributed by atoms with Crippen LogP contribution in [0.2, 0.25) is 0 Å². The van der Waals surface area contributed by atoms with Crippen LogP contribution in [0.1, 0.15) is 29.8 Å². The Labute approximate surface area is 177 Å². The molecule has 7 heteroatoms. The number of carbonyl (C=O) groups is 1. The first-order valence-electron chi connectivity index (χ1n) is 9.16. The summed E-state index contributed by atoms with van der Waals surface area (Å²) in [5, 5.41) is 9.72. The molecule has 0 radical (unpaired) electrons. The number of rotatable bonds is 5. The second-order valence-electron chi connectivity index (χ2n) is 7.36. The maximum absolute atomic E-state index is 12.4. The quantitative estimate of drug-likeness (QED) is 0.757. The summed E-state index contributed by atoms with van der Waals surface area (Å²) in [6.45, 7) is 4.88. The van der Waals surface area contributed by atoms with Crippen LogP contribution in [0.4, 0.5) is 0 Å². The van der Waals surface area contributed by atoms with Crippen LogP contribution in [0.25, 0.3) is 11.3 Å². The topological polar surface area (TPSA) is 54.0 Å². The molecule has 4 rings (SSSR count). The van der Waals surface area contributed by atoms with E-state index in [4.69, 9.17) is 0 Å². The van der Waals surface area contributed by atoms with E-state index in [1.54, 1.807) is 11.3 Å². The molecule has 1 unspecified atom stereocenters. The van der Waals surface area contributed by atoms with Crippen molar-refractivity contribution in [3.8, 4) is 11.3 Å². The summed E-state index contributed by atoms with van der Waals surface area (Å²) >= 11 is 1.68. The molecule has 1 amide bonds. The monoisotopic (exact) mass is 427 g/mol. The molecule has 1 aromatic heterocycles. The van der Waals surface area contributed by atoms with Gasteiger partial charge in [-0.05, 0) is 56.7 Å². The van der Waals surface area contributed by atoms with Crippen molar-refractivity contribution in [2.75, 3.05) is 19.6 Å². The number of piperidine rings is 1. The molecule has 1 atom stereocenters. The number of hydrogen-bond acceptors (Lipinski definition) is 4. The smallest absolute Gasteiger partial charge is 0.223 e. The lowest BCUT2D eigenvalue weighted by molar-refractivity contribution is -0.123.